The van der Waals surface area contributed by atoms with Crippen molar-refractivity contribution in [2.24, 2.45) is 0 Å². The van der Waals surface area contributed by atoms with Crippen LogP contribution in [0.4, 0.5) is 0 Å². The van der Waals surface area contributed by atoms with Crippen LogP contribution in [0.3, 0.4) is 0 Å². The largest absolute Gasteiger partial charge is 0.497 e. The first-order valence-corrected chi connectivity index (χ1v) is 5.27. The van der Waals surface area contributed by atoms with E-state index in [1.54, 1.807) is 7.11 Å². The van der Waals surface area contributed by atoms with Crippen molar-refractivity contribution in [3.05, 3.63) is 22.7 Å². The Morgan fingerprint density at radius 2 is 2.23 bits per heavy atom. The summed E-state index contributed by atoms with van der Waals surface area (Å²) in [5.74, 6) is 2.33. The van der Waals surface area contributed by atoms with Gasteiger partial charge in [-0.25, -0.2) is 0 Å². The van der Waals surface area contributed by atoms with E-state index in [4.69, 9.17) is 9.47 Å². The van der Waals surface area contributed by atoms with Gasteiger partial charge in [-0.05, 0) is 34.1 Å². The molecule has 0 aliphatic carbocycles. The van der Waals surface area contributed by atoms with Gasteiger partial charge in [0, 0.05) is 5.75 Å². The van der Waals surface area contributed by atoms with Crippen LogP contribution in [-0.2, 0) is 0 Å². The monoisotopic (exact) mass is 262 g/mol. The Balaban J connectivity index is 2.73. The van der Waals surface area contributed by atoms with Crippen LogP contribution in [0.15, 0.2) is 22.7 Å². The van der Waals surface area contributed by atoms with Crippen molar-refractivity contribution < 1.29 is 9.47 Å². The van der Waals surface area contributed by atoms with Crippen molar-refractivity contribution in [3.8, 4) is 11.5 Å². The Labute approximate surface area is 91.8 Å². The lowest BCUT2D eigenvalue weighted by Gasteiger charge is -2.07. The fraction of sp³-hybridized carbons (Fsp3) is 0.333. The normalized spacial score (nSPS) is 9.77. The van der Waals surface area contributed by atoms with E-state index < -0.39 is 0 Å². The zero-order valence-electron chi connectivity index (χ0n) is 7.29. The third-order valence-electron chi connectivity index (χ3n) is 1.49. The highest BCUT2D eigenvalue weighted by atomic mass is 79.9. The first-order chi connectivity index (χ1) is 6.27. The molecular formula is C9H11BrO2S. The van der Waals surface area contributed by atoms with Crippen LogP contribution in [0.5, 0.6) is 11.5 Å². The van der Waals surface area contributed by atoms with E-state index in [0.717, 1.165) is 16.0 Å². The maximum atomic E-state index is 5.41. The molecule has 0 bridgehead atoms. The van der Waals surface area contributed by atoms with Crippen molar-refractivity contribution in [3.63, 3.8) is 0 Å². The highest BCUT2D eigenvalue weighted by Gasteiger charge is 2.01. The molecule has 1 rings (SSSR count). The SMILES string of the molecule is COc1ccc(OCCS)c(Br)c1. The molecule has 1 aromatic carbocycles. The van der Waals surface area contributed by atoms with Crippen molar-refractivity contribution in [1.29, 1.82) is 0 Å². The molecule has 13 heavy (non-hydrogen) atoms. The molecule has 0 fully saturated rings. The fourth-order valence-electron chi connectivity index (χ4n) is 0.881. The van der Waals surface area contributed by atoms with Gasteiger partial charge in [0.25, 0.3) is 0 Å². The number of methoxy groups -OCH3 is 1. The van der Waals surface area contributed by atoms with Crippen molar-refractivity contribution >= 4 is 28.6 Å². The predicted octanol–water partition coefficient (Wildman–Crippen LogP) is 2.77. The third-order valence-corrected chi connectivity index (χ3v) is 2.29. The van der Waals surface area contributed by atoms with E-state index in [2.05, 4.69) is 28.6 Å². The van der Waals surface area contributed by atoms with Crippen LogP contribution in [-0.4, -0.2) is 19.5 Å². The second-order valence-corrected chi connectivity index (χ2v) is 3.67. The highest BCUT2D eigenvalue weighted by molar-refractivity contribution is 9.10. The van der Waals surface area contributed by atoms with Crippen molar-refractivity contribution in [2.75, 3.05) is 19.5 Å². The summed E-state index contributed by atoms with van der Waals surface area (Å²) in [5.41, 5.74) is 0. The fourth-order valence-corrected chi connectivity index (χ4v) is 1.44. The molecule has 2 nitrogen and oxygen atoms in total. The molecule has 72 valence electrons. The Morgan fingerprint density at radius 1 is 1.46 bits per heavy atom. The summed E-state index contributed by atoms with van der Waals surface area (Å²) in [6, 6.07) is 5.60. The number of benzene rings is 1. The van der Waals surface area contributed by atoms with Gasteiger partial charge in [0.1, 0.15) is 11.5 Å². The molecular weight excluding hydrogens is 252 g/mol. The average Bonchev–Trinajstić information content (AvgIpc) is 2.16. The molecule has 0 atom stereocenters. The summed E-state index contributed by atoms with van der Waals surface area (Å²) in [7, 11) is 1.63. The molecule has 0 heterocycles. The summed E-state index contributed by atoms with van der Waals surface area (Å²) in [5, 5.41) is 0. The molecule has 0 spiro atoms. The van der Waals surface area contributed by atoms with Crippen LogP contribution >= 0.6 is 28.6 Å². The molecule has 0 N–H and O–H groups in total. The van der Waals surface area contributed by atoms with Gasteiger partial charge in [-0.3, -0.25) is 0 Å². The first-order valence-electron chi connectivity index (χ1n) is 3.85. The van der Waals surface area contributed by atoms with Gasteiger partial charge in [0.05, 0.1) is 18.2 Å². The van der Waals surface area contributed by atoms with Crippen LogP contribution in [0.2, 0.25) is 0 Å². The van der Waals surface area contributed by atoms with E-state index in [-0.39, 0.29) is 0 Å². The van der Waals surface area contributed by atoms with E-state index in [1.807, 2.05) is 18.2 Å². The Bertz CT molecular complexity index is 278. The highest BCUT2D eigenvalue weighted by Crippen LogP contribution is 2.28. The second kappa shape index (κ2) is 5.40. The minimum Gasteiger partial charge on any atom is -0.497 e. The van der Waals surface area contributed by atoms with Gasteiger partial charge in [-0.1, -0.05) is 0 Å². The van der Waals surface area contributed by atoms with E-state index >= 15 is 0 Å². The van der Waals surface area contributed by atoms with Crippen molar-refractivity contribution in [1.82, 2.24) is 0 Å². The van der Waals surface area contributed by atoms with Crippen LogP contribution in [0, 0.1) is 0 Å². The Morgan fingerprint density at radius 3 is 2.77 bits per heavy atom. The topological polar surface area (TPSA) is 18.5 Å². The number of halogens is 1. The number of ether oxygens (including phenoxy) is 2. The van der Waals surface area contributed by atoms with E-state index in [9.17, 15) is 0 Å². The molecule has 0 unspecified atom stereocenters. The van der Waals surface area contributed by atoms with Crippen LogP contribution < -0.4 is 9.47 Å². The molecule has 0 aliphatic rings. The van der Waals surface area contributed by atoms with Crippen LogP contribution in [0.1, 0.15) is 0 Å². The molecule has 0 radical (unpaired) electrons. The van der Waals surface area contributed by atoms with Crippen LogP contribution in [0.25, 0.3) is 0 Å². The molecule has 0 saturated heterocycles. The lowest BCUT2D eigenvalue weighted by atomic mass is 10.3. The number of hydrogen-bond donors (Lipinski definition) is 1. The van der Waals surface area contributed by atoms with Gasteiger partial charge in [0.15, 0.2) is 0 Å². The molecule has 4 heteroatoms. The molecule has 0 aromatic heterocycles. The number of thiol groups is 1. The standard InChI is InChI=1S/C9H11BrO2S/c1-11-7-2-3-9(8(10)6-7)12-4-5-13/h2-3,6,13H,4-5H2,1H3. The summed E-state index contributed by atoms with van der Waals surface area (Å²) < 4.78 is 11.4. The lowest BCUT2D eigenvalue weighted by Crippen LogP contribution is -1.98. The summed E-state index contributed by atoms with van der Waals surface area (Å²) in [6.45, 7) is 0.605. The minimum atomic E-state index is 0.605. The molecule has 0 aliphatic heterocycles. The zero-order chi connectivity index (χ0) is 9.68. The summed E-state index contributed by atoms with van der Waals surface area (Å²) >= 11 is 7.45. The van der Waals surface area contributed by atoms with Gasteiger partial charge in [-0.2, -0.15) is 12.6 Å². The smallest absolute Gasteiger partial charge is 0.133 e. The average molecular weight is 263 g/mol. The van der Waals surface area contributed by atoms with Gasteiger partial charge < -0.3 is 9.47 Å². The lowest BCUT2D eigenvalue weighted by molar-refractivity contribution is 0.340. The molecule has 0 amide bonds. The van der Waals surface area contributed by atoms with Gasteiger partial charge in [0.2, 0.25) is 0 Å². The quantitative estimate of drug-likeness (QED) is 0.842. The van der Waals surface area contributed by atoms with Gasteiger partial charge in [-0.15, -0.1) is 0 Å². The third kappa shape index (κ3) is 3.12. The van der Waals surface area contributed by atoms with E-state index in [0.29, 0.717) is 12.4 Å². The Kier molecular flexibility index (Phi) is 4.45. The summed E-state index contributed by atoms with van der Waals surface area (Å²) in [6.07, 6.45) is 0. The van der Waals surface area contributed by atoms with Crippen molar-refractivity contribution in [2.45, 2.75) is 0 Å². The maximum absolute atomic E-state index is 5.41. The zero-order valence-corrected chi connectivity index (χ0v) is 9.77. The minimum absolute atomic E-state index is 0.605. The molecule has 1 aromatic rings. The first kappa shape index (κ1) is 10.7. The molecule has 0 saturated carbocycles. The maximum Gasteiger partial charge on any atom is 0.133 e. The number of rotatable bonds is 4. The van der Waals surface area contributed by atoms with E-state index in [1.165, 1.54) is 0 Å². The Hall–Kier alpha value is -0.350. The summed E-state index contributed by atoms with van der Waals surface area (Å²) in [4.78, 5) is 0. The van der Waals surface area contributed by atoms with Gasteiger partial charge >= 0.3 is 0 Å². The second-order valence-electron chi connectivity index (χ2n) is 2.37. The number of hydrogen-bond acceptors (Lipinski definition) is 3. The predicted molar refractivity (Wildman–Crippen MR) is 60.0 cm³/mol.